The van der Waals surface area contributed by atoms with E-state index in [0.29, 0.717) is 5.69 Å². The molecule has 0 saturated heterocycles. The zero-order chi connectivity index (χ0) is 16.5. The number of hydrogen-bond donors (Lipinski definition) is 2. The number of aromatic nitrogens is 2. The molecule has 0 spiro atoms. The third kappa shape index (κ3) is 2.90. The van der Waals surface area contributed by atoms with Gasteiger partial charge in [0.2, 0.25) is 0 Å². The molecule has 1 amide bonds. The molecule has 6 nitrogen and oxygen atoms in total. The van der Waals surface area contributed by atoms with Crippen LogP contribution in [0, 0.1) is 0 Å². The molecular weight excluding hydrogens is 306 g/mol. The summed E-state index contributed by atoms with van der Waals surface area (Å²) >= 11 is 0. The first-order valence-electron chi connectivity index (χ1n) is 7.93. The van der Waals surface area contributed by atoms with Crippen molar-refractivity contribution in [3.05, 3.63) is 64.6 Å². The largest absolute Gasteiger partial charge is 0.444 e. The number of nitrogens with one attached hydrogen (secondary N) is 2. The lowest BCUT2D eigenvalue weighted by atomic mass is 10.2. The molecule has 1 heterocycles. The number of aromatic amines is 1. The van der Waals surface area contributed by atoms with Gasteiger partial charge < -0.3 is 9.72 Å². The Hall–Kier alpha value is -3.02. The van der Waals surface area contributed by atoms with Crippen LogP contribution in [0.4, 0.5) is 10.5 Å². The lowest BCUT2D eigenvalue weighted by Gasteiger charge is -2.08. The minimum absolute atomic E-state index is 0.101. The Bertz CT molecular complexity index is 939. The summed E-state index contributed by atoms with van der Waals surface area (Å²) in [5.74, 6) is 0. The number of carbonyl (C=O) groups is 1. The number of rotatable bonds is 4. The predicted octanol–water partition coefficient (Wildman–Crippen LogP) is 3.41. The van der Waals surface area contributed by atoms with Crippen LogP contribution >= 0.6 is 0 Å². The first-order valence-corrected chi connectivity index (χ1v) is 7.93. The summed E-state index contributed by atoms with van der Waals surface area (Å²) in [5, 5.41) is 2.71. The van der Waals surface area contributed by atoms with Gasteiger partial charge in [-0.15, -0.1) is 0 Å². The number of anilines is 1. The maximum absolute atomic E-state index is 12.0. The van der Waals surface area contributed by atoms with E-state index in [0.717, 1.165) is 29.4 Å². The van der Waals surface area contributed by atoms with E-state index in [4.69, 9.17) is 4.74 Å². The molecule has 1 aromatic heterocycles. The fraction of sp³-hybridized carbons (Fsp3) is 0.222. The van der Waals surface area contributed by atoms with Crippen molar-refractivity contribution < 1.29 is 9.53 Å². The summed E-state index contributed by atoms with van der Waals surface area (Å²) in [6.45, 7) is 0.214. The van der Waals surface area contributed by atoms with E-state index in [2.05, 4.69) is 10.3 Å². The molecule has 2 N–H and O–H groups in total. The quantitative estimate of drug-likeness (QED) is 0.772. The zero-order valence-corrected chi connectivity index (χ0v) is 13.0. The Morgan fingerprint density at radius 2 is 2.00 bits per heavy atom. The fourth-order valence-corrected chi connectivity index (χ4v) is 2.77. The highest BCUT2D eigenvalue weighted by Gasteiger charge is 2.27. The normalized spacial score (nSPS) is 13.8. The molecule has 24 heavy (non-hydrogen) atoms. The molecule has 0 aliphatic heterocycles. The molecule has 2 aromatic carbocycles. The van der Waals surface area contributed by atoms with E-state index in [9.17, 15) is 9.59 Å². The molecule has 1 fully saturated rings. The highest BCUT2D eigenvalue weighted by molar-refractivity contribution is 5.88. The third-order valence-corrected chi connectivity index (χ3v) is 4.09. The van der Waals surface area contributed by atoms with E-state index < -0.39 is 6.09 Å². The molecule has 1 aliphatic carbocycles. The topological polar surface area (TPSA) is 76.1 Å². The molecule has 3 aromatic rings. The van der Waals surface area contributed by atoms with Crippen LogP contribution in [0.1, 0.15) is 24.4 Å². The Kier molecular flexibility index (Phi) is 3.57. The van der Waals surface area contributed by atoms with Gasteiger partial charge in [-0.25, -0.2) is 9.59 Å². The molecule has 0 radical (unpaired) electrons. The highest BCUT2D eigenvalue weighted by Crippen LogP contribution is 2.36. The van der Waals surface area contributed by atoms with Gasteiger partial charge in [0.15, 0.2) is 0 Å². The summed E-state index contributed by atoms with van der Waals surface area (Å²) in [6, 6.07) is 15.1. The van der Waals surface area contributed by atoms with Gasteiger partial charge in [-0.2, -0.15) is 0 Å². The Labute approximate surface area is 138 Å². The van der Waals surface area contributed by atoms with Gasteiger partial charge in [-0.1, -0.05) is 30.3 Å². The first kappa shape index (κ1) is 14.6. The Morgan fingerprint density at radius 3 is 2.75 bits per heavy atom. The first-order chi connectivity index (χ1) is 11.7. The van der Waals surface area contributed by atoms with E-state index >= 15 is 0 Å². The van der Waals surface area contributed by atoms with Crippen LogP contribution in [0.15, 0.2) is 53.3 Å². The van der Waals surface area contributed by atoms with Gasteiger partial charge in [0, 0.05) is 11.7 Å². The lowest BCUT2D eigenvalue weighted by Crippen LogP contribution is -2.15. The van der Waals surface area contributed by atoms with Gasteiger partial charge in [0.25, 0.3) is 0 Å². The molecule has 122 valence electrons. The van der Waals surface area contributed by atoms with Crippen molar-refractivity contribution in [1.29, 1.82) is 0 Å². The second-order valence-electron chi connectivity index (χ2n) is 5.95. The van der Waals surface area contributed by atoms with Gasteiger partial charge in [0.05, 0.1) is 11.0 Å². The summed E-state index contributed by atoms with van der Waals surface area (Å²) in [5.41, 5.74) is 3.01. The van der Waals surface area contributed by atoms with Crippen LogP contribution in [0.3, 0.4) is 0 Å². The van der Waals surface area contributed by atoms with E-state index in [1.807, 2.05) is 30.3 Å². The van der Waals surface area contributed by atoms with Crippen LogP contribution in [0.25, 0.3) is 11.0 Å². The second-order valence-corrected chi connectivity index (χ2v) is 5.95. The highest BCUT2D eigenvalue weighted by atomic mass is 16.5. The number of ether oxygens (including phenoxy) is 1. The van der Waals surface area contributed by atoms with E-state index in [1.165, 1.54) is 0 Å². The van der Waals surface area contributed by atoms with Crippen molar-refractivity contribution in [2.75, 3.05) is 5.32 Å². The fourth-order valence-electron chi connectivity index (χ4n) is 2.77. The van der Waals surface area contributed by atoms with Crippen molar-refractivity contribution >= 4 is 22.8 Å². The molecule has 1 aliphatic rings. The van der Waals surface area contributed by atoms with Gasteiger partial charge in [0.1, 0.15) is 6.61 Å². The molecule has 6 heteroatoms. The monoisotopic (exact) mass is 323 g/mol. The Balaban J connectivity index is 1.49. The number of fused-ring (bicyclic) bond motifs is 1. The Morgan fingerprint density at radius 1 is 1.21 bits per heavy atom. The van der Waals surface area contributed by atoms with Gasteiger partial charge in [-0.3, -0.25) is 9.88 Å². The molecule has 4 rings (SSSR count). The molecule has 0 unspecified atom stereocenters. The van der Waals surface area contributed by atoms with Gasteiger partial charge in [-0.05, 0) is 36.6 Å². The maximum Gasteiger partial charge on any atom is 0.411 e. The van der Waals surface area contributed by atoms with Crippen LogP contribution in [-0.2, 0) is 11.3 Å². The summed E-state index contributed by atoms with van der Waals surface area (Å²) < 4.78 is 6.97. The van der Waals surface area contributed by atoms with E-state index in [1.54, 1.807) is 22.8 Å². The summed E-state index contributed by atoms with van der Waals surface area (Å²) in [4.78, 5) is 26.8. The zero-order valence-electron chi connectivity index (χ0n) is 13.0. The summed E-state index contributed by atoms with van der Waals surface area (Å²) in [7, 11) is 0. The average Bonchev–Trinajstić information content (AvgIpc) is 3.36. The van der Waals surface area contributed by atoms with Crippen LogP contribution in [0.2, 0.25) is 0 Å². The minimum atomic E-state index is -0.519. The smallest absolute Gasteiger partial charge is 0.411 e. The van der Waals surface area contributed by atoms with Crippen LogP contribution < -0.4 is 11.0 Å². The molecular formula is C18H17N3O3. The number of nitrogens with zero attached hydrogens (tertiary/aromatic N) is 1. The molecule has 0 atom stereocenters. The number of imidazole rings is 1. The van der Waals surface area contributed by atoms with E-state index in [-0.39, 0.29) is 18.3 Å². The van der Waals surface area contributed by atoms with Crippen LogP contribution in [0.5, 0.6) is 0 Å². The maximum atomic E-state index is 12.0. The lowest BCUT2D eigenvalue weighted by molar-refractivity contribution is 0.155. The third-order valence-electron chi connectivity index (χ3n) is 4.09. The number of hydrogen-bond acceptors (Lipinski definition) is 3. The number of amides is 1. The van der Waals surface area contributed by atoms with Crippen LogP contribution in [-0.4, -0.2) is 15.6 Å². The van der Waals surface area contributed by atoms with Crippen molar-refractivity contribution in [3.63, 3.8) is 0 Å². The average molecular weight is 323 g/mol. The molecule has 1 saturated carbocycles. The SMILES string of the molecule is O=C(Nc1ccc2[nH]c(=O)n(C3CC3)c2c1)OCc1ccccc1. The summed E-state index contributed by atoms with van der Waals surface area (Å²) in [6.07, 6.45) is 1.52. The van der Waals surface area contributed by atoms with Crippen molar-refractivity contribution in [2.24, 2.45) is 0 Å². The number of benzene rings is 2. The van der Waals surface area contributed by atoms with Gasteiger partial charge >= 0.3 is 11.8 Å². The standard InChI is InChI=1S/C18H17N3O3/c22-17-20-15-9-6-13(10-16(15)21(17)14-7-8-14)19-18(23)24-11-12-4-2-1-3-5-12/h1-6,9-10,14H,7-8,11H2,(H,19,23)(H,20,22). The van der Waals surface area contributed by atoms with Crippen molar-refractivity contribution in [3.8, 4) is 0 Å². The predicted molar refractivity (Wildman–Crippen MR) is 91.1 cm³/mol. The van der Waals surface area contributed by atoms with Crippen molar-refractivity contribution in [1.82, 2.24) is 9.55 Å². The molecule has 0 bridgehead atoms. The second kappa shape index (κ2) is 5.88. The minimum Gasteiger partial charge on any atom is -0.444 e. The number of H-pyrrole nitrogens is 1. The number of carbonyl (C=O) groups excluding carboxylic acids is 1. The van der Waals surface area contributed by atoms with Crippen molar-refractivity contribution in [2.45, 2.75) is 25.5 Å².